The van der Waals surface area contributed by atoms with Gasteiger partial charge in [-0.1, -0.05) is 18.2 Å². The van der Waals surface area contributed by atoms with Crippen LogP contribution in [0.3, 0.4) is 0 Å². The summed E-state index contributed by atoms with van der Waals surface area (Å²) < 4.78 is 17.4. The highest BCUT2D eigenvalue weighted by molar-refractivity contribution is 5.91. The summed E-state index contributed by atoms with van der Waals surface area (Å²) in [4.78, 5) is 27.2. The molecular weight excluding hydrogens is 384 g/mol. The molecule has 30 heavy (non-hydrogen) atoms. The standard InChI is InChI=1S/C23H26N2O5/c1-24-12-13(10-18(28-3)22(26)29-4)15-11-17(24)19-14-8-6-7-9-16(14)25(2)21(19)20(15)23(27)30-5/h6-10,12,15,17,20H,11H2,1-5H3/b18-10-/t15-,17-,20-/m0/s1. The number of benzene rings is 1. The van der Waals surface area contributed by atoms with Gasteiger partial charge in [0.25, 0.3) is 0 Å². The Bertz CT molecular complexity index is 1080. The monoisotopic (exact) mass is 410 g/mol. The lowest BCUT2D eigenvalue weighted by atomic mass is 9.69. The Balaban J connectivity index is 1.93. The molecule has 1 aliphatic heterocycles. The smallest absolute Gasteiger partial charge is 0.373 e. The Labute approximate surface area is 175 Å². The summed E-state index contributed by atoms with van der Waals surface area (Å²) in [6.07, 6.45) is 4.39. The van der Waals surface area contributed by atoms with Crippen molar-refractivity contribution < 1.29 is 23.8 Å². The predicted molar refractivity (Wildman–Crippen MR) is 111 cm³/mol. The summed E-state index contributed by atoms with van der Waals surface area (Å²) in [7, 11) is 8.17. The molecule has 2 aromatic rings. The number of carbonyl (C=O) groups excluding carboxylic acids is 2. The first-order valence-corrected chi connectivity index (χ1v) is 9.85. The zero-order chi connectivity index (χ0) is 21.6. The average Bonchev–Trinajstić information content (AvgIpc) is 3.06. The van der Waals surface area contributed by atoms with Crippen LogP contribution in [-0.2, 0) is 30.8 Å². The van der Waals surface area contributed by atoms with Crippen molar-refractivity contribution >= 4 is 22.8 Å². The Hall–Kier alpha value is -3.22. The molecule has 0 radical (unpaired) electrons. The van der Waals surface area contributed by atoms with Gasteiger partial charge in [-0.15, -0.1) is 0 Å². The predicted octanol–water partition coefficient (Wildman–Crippen LogP) is 3.03. The molecule has 0 unspecified atom stereocenters. The molecule has 1 aromatic heterocycles. The van der Waals surface area contributed by atoms with Gasteiger partial charge in [0.1, 0.15) is 5.92 Å². The van der Waals surface area contributed by atoms with Crippen LogP contribution in [0.1, 0.15) is 29.6 Å². The number of aryl methyl sites for hydroxylation is 1. The SMILES string of the molecule is COC(=O)/C(=C/C1=CN(C)[C@H]2C[C@@H]1[C@H](C(=O)OC)c1c2c2ccccc2n1C)OC. The van der Waals surface area contributed by atoms with Crippen molar-refractivity contribution in [2.24, 2.45) is 13.0 Å². The lowest BCUT2D eigenvalue weighted by Crippen LogP contribution is -2.39. The molecular formula is C23H26N2O5. The molecule has 2 bridgehead atoms. The van der Waals surface area contributed by atoms with Crippen LogP contribution in [0, 0.1) is 5.92 Å². The number of allylic oxidation sites excluding steroid dienone is 2. The Morgan fingerprint density at radius 3 is 2.47 bits per heavy atom. The first-order valence-electron chi connectivity index (χ1n) is 9.85. The fourth-order valence-corrected chi connectivity index (χ4v) is 4.97. The average molecular weight is 410 g/mol. The highest BCUT2D eigenvalue weighted by Gasteiger charge is 2.47. The molecule has 7 nitrogen and oxygen atoms in total. The molecule has 4 rings (SSSR count). The van der Waals surface area contributed by atoms with E-state index in [9.17, 15) is 9.59 Å². The van der Waals surface area contributed by atoms with E-state index in [0.29, 0.717) is 0 Å². The summed E-state index contributed by atoms with van der Waals surface area (Å²) in [6.45, 7) is 0. The first-order chi connectivity index (χ1) is 14.4. The molecule has 2 aliphatic rings. The van der Waals surface area contributed by atoms with Gasteiger partial charge >= 0.3 is 11.9 Å². The molecule has 158 valence electrons. The minimum absolute atomic E-state index is 0.0991. The quantitative estimate of drug-likeness (QED) is 0.438. The van der Waals surface area contributed by atoms with E-state index in [1.54, 1.807) is 6.08 Å². The van der Waals surface area contributed by atoms with E-state index in [2.05, 4.69) is 21.6 Å². The van der Waals surface area contributed by atoms with Gasteiger partial charge in [0.2, 0.25) is 5.76 Å². The van der Waals surface area contributed by atoms with Crippen LogP contribution in [0.5, 0.6) is 0 Å². The van der Waals surface area contributed by atoms with E-state index in [0.717, 1.165) is 28.6 Å². The van der Waals surface area contributed by atoms with E-state index in [-0.39, 0.29) is 23.7 Å². The number of methoxy groups -OCH3 is 3. The van der Waals surface area contributed by atoms with Crippen molar-refractivity contribution in [2.45, 2.75) is 18.4 Å². The molecule has 2 heterocycles. The van der Waals surface area contributed by atoms with Crippen LogP contribution in [0.2, 0.25) is 0 Å². The lowest BCUT2D eigenvalue weighted by molar-refractivity contribution is -0.144. The number of hydrogen-bond donors (Lipinski definition) is 0. The topological polar surface area (TPSA) is 70.0 Å². The summed E-state index contributed by atoms with van der Waals surface area (Å²) in [5, 5.41) is 1.15. The second-order valence-electron chi connectivity index (χ2n) is 7.73. The molecule has 3 atom stereocenters. The minimum Gasteiger partial charge on any atom is -0.490 e. The number of esters is 2. The molecule has 1 aliphatic carbocycles. The zero-order valence-electron chi connectivity index (χ0n) is 17.8. The number of ether oxygens (including phenoxy) is 3. The number of aromatic nitrogens is 1. The second-order valence-corrected chi connectivity index (χ2v) is 7.73. The van der Waals surface area contributed by atoms with Crippen molar-refractivity contribution in [3.63, 3.8) is 0 Å². The van der Waals surface area contributed by atoms with Crippen molar-refractivity contribution in [1.82, 2.24) is 9.47 Å². The maximum absolute atomic E-state index is 13.0. The van der Waals surface area contributed by atoms with Gasteiger partial charge < -0.3 is 23.7 Å². The lowest BCUT2D eigenvalue weighted by Gasteiger charge is -2.44. The number of fused-ring (bicyclic) bond motifs is 6. The van der Waals surface area contributed by atoms with Crippen molar-refractivity contribution in [2.75, 3.05) is 28.4 Å². The highest BCUT2D eigenvalue weighted by Crippen LogP contribution is 2.53. The Morgan fingerprint density at radius 2 is 1.80 bits per heavy atom. The molecule has 0 spiro atoms. The van der Waals surface area contributed by atoms with Gasteiger partial charge in [0.05, 0.1) is 27.4 Å². The summed E-state index contributed by atoms with van der Waals surface area (Å²) in [5.74, 6) is -1.37. The fraction of sp³-hybridized carbons (Fsp3) is 0.391. The van der Waals surface area contributed by atoms with Crippen molar-refractivity contribution in [3.05, 3.63) is 59.1 Å². The van der Waals surface area contributed by atoms with E-state index in [4.69, 9.17) is 14.2 Å². The van der Waals surface area contributed by atoms with Crippen LogP contribution in [-0.4, -0.2) is 49.8 Å². The van der Waals surface area contributed by atoms with E-state index in [1.807, 2.05) is 32.4 Å². The molecule has 0 saturated heterocycles. The molecule has 0 amide bonds. The van der Waals surface area contributed by atoms with E-state index >= 15 is 0 Å². The highest BCUT2D eigenvalue weighted by atomic mass is 16.6. The largest absolute Gasteiger partial charge is 0.490 e. The summed E-state index contributed by atoms with van der Waals surface area (Å²) >= 11 is 0. The van der Waals surface area contributed by atoms with Crippen molar-refractivity contribution in [3.8, 4) is 0 Å². The Morgan fingerprint density at radius 1 is 1.07 bits per heavy atom. The second kappa shape index (κ2) is 7.55. The number of rotatable bonds is 4. The van der Waals surface area contributed by atoms with Crippen LogP contribution in [0.25, 0.3) is 10.9 Å². The van der Waals surface area contributed by atoms with Crippen LogP contribution in [0.4, 0.5) is 0 Å². The van der Waals surface area contributed by atoms with Gasteiger partial charge in [-0.05, 0) is 24.1 Å². The molecule has 1 aromatic carbocycles. The van der Waals surface area contributed by atoms with Gasteiger partial charge in [0, 0.05) is 48.4 Å². The minimum atomic E-state index is -0.557. The van der Waals surface area contributed by atoms with Gasteiger partial charge in [-0.25, -0.2) is 4.79 Å². The maximum atomic E-state index is 13.0. The third kappa shape index (κ3) is 2.88. The summed E-state index contributed by atoms with van der Waals surface area (Å²) in [5.41, 5.74) is 4.05. The fourth-order valence-electron chi connectivity index (χ4n) is 4.97. The van der Waals surface area contributed by atoms with E-state index < -0.39 is 11.9 Å². The first kappa shape index (κ1) is 20.1. The number of carbonyl (C=O) groups is 2. The van der Waals surface area contributed by atoms with Gasteiger partial charge in [-0.3, -0.25) is 4.79 Å². The normalized spacial score (nSPS) is 23.0. The van der Waals surface area contributed by atoms with E-state index in [1.165, 1.54) is 26.9 Å². The third-order valence-corrected chi connectivity index (χ3v) is 6.33. The van der Waals surface area contributed by atoms with Gasteiger partial charge in [-0.2, -0.15) is 0 Å². The Kier molecular flexibility index (Phi) is 5.05. The molecule has 0 N–H and O–H groups in total. The van der Waals surface area contributed by atoms with Crippen LogP contribution in [0.15, 0.2) is 47.9 Å². The zero-order valence-corrected chi connectivity index (χ0v) is 17.8. The number of nitrogens with zero attached hydrogens (tertiary/aromatic N) is 2. The molecule has 0 saturated carbocycles. The summed E-state index contributed by atoms with van der Waals surface area (Å²) in [6, 6.07) is 8.33. The maximum Gasteiger partial charge on any atom is 0.373 e. The van der Waals surface area contributed by atoms with Gasteiger partial charge in [0.15, 0.2) is 0 Å². The number of hydrogen-bond acceptors (Lipinski definition) is 6. The van der Waals surface area contributed by atoms with Crippen LogP contribution >= 0.6 is 0 Å². The van der Waals surface area contributed by atoms with Crippen molar-refractivity contribution in [1.29, 1.82) is 0 Å². The molecule has 7 heteroatoms. The third-order valence-electron chi connectivity index (χ3n) is 6.33. The number of para-hydroxylation sites is 1. The van der Waals surface area contributed by atoms with Crippen LogP contribution < -0.4 is 0 Å². The molecule has 0 fully saturated rings.